The maximum Gasteiger partial charge on any atom is 0.258 e. The van der Waals surface area contributed by atoms with E-state index in [1.165, 1.54) is 37.4 Å². The summed E-state index contributed by atoms with van der Waals surface area (Å²) >= 11 is 14.8. The molecule has 280 valence electrons. The van der Waals surface area contributed by atoms with E-state index in [-0.39, 0.29) is 29.8 Å². The van der Waals surface area contributed by atoms with Crippen LogP contribution in [0.1, 0.15) is 24.3 Å². The number of rotatable bonds is 7. The number of anilines is 3. The molecule has 3 fully saturated rings. The Morgan fingerprint density at radius 2 is 1.40 bits per heavy atom. The van der Waals surface area contributed by atoms with Crippen molar-refractivity contribution < 1.29 is 33.4 Å². The number of fused-ring (bicyclic) bond motifs is 4. The largest absolute Gasteiger partial charge is 0.508 e. The van der Waals surface area contributed by atoms with Crippen LogP contribution in [0, 0.1) is 23.6 Å². The van der Waals surface area contributed by atoms with Crippen molar-refractivity contribution >= 4 is 75.3 Å². The minimum atomic E-state index is -2.21. The fourth-order valence-electron chi connectivity index (χ4n) is 8.49. The molecule has 4 aliphatic rings. The standard InChI is InChI=1S/C41H34Cl2FN5O6/c1-47(2)25-12-6-23(7-13-25)45-46-24-8-14-26(15-9-24)48-36(51)30-18-17-29-32(34(30)37(48)52)21-40(42)38(53)49(27-10-4-22(44)5-11-27)39(54)41(40,43)35(29)31-20-28(55-3)16-19-33(31)50/h4-17,19-20,30,32,34-35,50H,18,21H2,1-3H3/t30-,32+,34-,35+,40+,41-/m0/s1. The number of methoxy groups -OCH3 is 1. The second kappa shape index (κ2) is 13.3. The molecule has 2 aliphatic carbocycles. The van der Waals surface area contributed by atoms with Gasteiger partial charge in [0.1, 0.15) is 17.3 Å². The van der Waals surface area contributed by atoms with E-state index in [9.17, 15) is 28.7 Å². The zero-order valence-corrected chi connectivity index (χ0v) is 31.3. The number of carbonyl (C=O) groups excluding carboxylic acids is 4. The van der Waals surface area contributed by atoms with Crippen molar-refractivity contribution in [1.29, 1.82) is 0 Å². The lowest BCUT2D eigenvalue weighted by Crippen LogP contribution is -2.60. The van der Waals surface area contributed by atoms with Gasteiger partial charge in [-0.3, -0.25) is 24.1 Å². The van der Waals surface area contributed by atoms with E-state index in [0.29, 0.717) is 28.4 Å². The molecule has 0 aromatic heterocycles. The number of imide groups is 2. The SMILES string of the molecule is COc1ccc(O)c([C@H]2C3=CC[C@@H]4C(=O)N(c5ccc(N=Nc6ccc(N(C)C)cc6)cc5)C(=O)[C@@H]4[C@@H]3C[C@@]3(Cl)C(=O)N(c4ccc(F)cc4)C(=O)[C@@]23Cl)c1. The monoisotopic (exact) mass is 781 g/mol. The first-order chi connectivity index (χ1) is 26.3. The molecule has 2 saturated heterocycles. The molecule has 0 bridgehead atoms. The van der Waals surface area contributed by atoms with Crippen molar-refractivity contribution in [1.82, 2.24) is 0 Å². The highest BCUT2D eigenvalue weighted by molar-refractivity contribution is 6.58. The fourth-order valence-corrected chi connectivity index (χ4v) is 9.42. The number of allylic oxidation sites excluding steroid dienone is 2. The topological polar surface area (TPSA) is 132 Å². The quantitative estimate of drug-likeness (QED) is 0.0877. The van der Waals surface area contributed by atoms with Gasteiger partial charge in [0.2, 0.25) is 11.8 Å². The number of hydrogen-bond acceptors (Lipinski definition) is 9. The van der Waals surface area contributed by atoms with Crippen LogP contribution in [0.4, 0.5) is 32.8 Å². The summed E-state index contributed by atoms with van der Waals surface area (Å²) in [4.78, 5) is 57.2. The smallest absolute Gasteiger partial charge is 0.258 e. The van der Waals surface area contributed by atoms with Gasteiger partial charge in [-0.15, -0.1) is 23.2 Å². The van der Waals surface area contributed by atoms with E-state index in [4.69, 9.17) is 27.9 Å². The zero-order chi connectivity index (χ0) is 39.0. The summed E-state index contributed by atoms with van der Waals surface area (Å²) in [6.07, 6.45) is 1.64. The number of azo groups is 1. The molecule has 8 rings (SSSR count). The number of carbonyl (C=O) groups is 4. The number of benzene rings is 4. The molecule has 4 aromatic carbocycles. The molecule has 2 aliphatic heterocycles. The lowest BCUT2D eigenvalue weighted by Gasteiger charge is -2.50. The Hall–Kier alpha value is -5.59. The van der Waals surface area contributed by atoms with Crippen LogP contribution in [0.25, 0.3) is 0 Å². The van der Waals surface area contributed by atoms with Crippen LogP contribution < -0.4 is 19.4 Å². The average Bonchev–Trinajstić information content (AvgIpc) is 3.52. The number of alkyl halides is 2. The van der Waals surface area contributed by atoms with Crippen LogP contribution in [0.15, 0.2) is 113 Å². The van der Waals surface area contributed by atoms with Crippen molar-refractivity contribution in [2.75, 3.05) is 35.9 Å². The molecule has 2 heterocycles. The van der Waals surface area contributed by atoms with E-state index < -0.39 is 62.9 Å². The number of phenolic OH excluding ortho intramolecular Hbond substituents is 1. The molecule has 4 aromatic rings. The minimum Gasteiger partial charge on any atom is -0.508 e. The first-order valence-electron chi connectivity index (χ1n) is 17.5. The number of hydrogen-bond donors (Lipinski definition) is 1. The van der Waals surface area contributed by atoms with Gasteiger partial charge in [-0.25, -0.2) is 9.29 Å². The molecular formula is C41H34Cl2FN5O6. The van der Waals surface area contributed by atoms with Gasteiger partial charge in [-0.2, -0.15) is 10.2 Å². The van der Waals surface area contributed by atoms with Crippen LogP contribution in [-0.2, 0) is 19.2 Å². The second-order valence-corrected chi connectivity index (χ2v) is 15.6. The summed E-state index contributed by atoms with van der Waals surface area (Å²) in [6.45, 7) is 0. The lowest BCUT2D eigenvalue weighted by molar-refractivity contribution is -0.125. The highest BCUT2D eigenvalue weighted by Gasteiger charge is 2.77. The average molecular weight is 783 g/mol. The third-order valence-corrected chi connectivity index (χ3v) is 12.6. The Morgan fingerprint density at radius 1 is 0.800 bits per heavy atom. The molecule has 6 atom stereocenters. The van der Waals surface area contributed by atoms with Crippen molar-refractivity contribution in [3.63, 3.8) is 0 Å². The Morgan fingerprint density at radius 3 is 2.02 bits per heavy atom. The fraction of sp³-hybridized carbons (Fsp3) is 0.268. The van der Waals surface area contributed by atoms with Crippen molar-refractivity contribution in [3.8, 4) is 11.5 Å². The minimum absolute atomic E-state index is 0.0535. The molecule has 1 saturated carbocycles. The van der Waals surface area contributed by atoms with E-state index in [1.54, 1.807) is 30.3 Å². The molecule has 11 nitrogen and oxygen atoms in total. The van der Waals surface area contributed by atoms with Gasteiger partial charge in [-0.1, -0.05) is 11.6 Å². The zero-order valence-electron chi connectivity index (χ0n) is 29.8. The van der Waals surface area contributed by atoms with E-state index in [1.807, 2.05) is 43.3 Å². The first kappa shape index (κ1) is 36.4. The summed E-state index contributed by atoms with van der Waals surface area (Å²) in [6, 6.07) is 23.3. The summed E-state index contributed by atoms with van der Waals surface area (Å²) < 4.78 is 19.4. The Bertz CT molecular complexity index is 2320. The lowest BCUT2D eigenvalue weighted by atomic mass is 9.56. The van der Waals surface area contributed by atoms with E-state index in [2.05, 4.69) is 10.2 Å². The van der Waals surface area contributed by atoms with E-state index >= 15 is 0 Å². The number of nitrogens with zero attached hydrogens (tertiary/aromatic N) is 5. The molecule has 4 amide bonds. The van der Waals surface area contributed by atoms with Crippen molar-refractivity contribution in [2.45, 2.75) is 28.5 Å². The predicted molar refractivity (Wildman–Crippen MR) is 205 cm³/mol. The molecule has 14 heteroatoms. The predicted octanol–water partition coefficient (Wildman–Crippen LogP) is 7.79. The summed E-state index contributed by atoms with van der Waals surface area (Å²) in [5.41, 5.74) is 3.22. The number of aromatic hydroxyl groups is 1. The number of phenols is 1. The third-order valence-electron chi connectivity index (χ3n) is 11.2. The molecule has 1 N–H and O–H groups in total. The van der Waals surface area contributed by atoms with Gasteiger partial charge >= 0.3 is 0 Å². The number of halogens is 3. The summed E-state index contributed by atoms with van der Waals surface area (Å²) in [7, 11) is 5.32. The third kappa shape index (κ3) is 5.52. The highest BCUT2D eigenvalue weighted by Crippen LogP contribution is 2.66. The van der Waals surface area contributed by atoms with Gasteiger partial charge in [0, 0.05) is 31.3 Å². The van der Waals surface area contributed by atoms with Crippen LogP contribution in [-0.4, -0.2) is 59.7 Å². The van der Waals surface area contributed by atoms with Crippen molar-refractivity contribution in [3.05, 3.63) is 114 Å². The Balaban J connectivity index is 1.16. The van der Waals surface area contributed by atoms with E-state index in [0.717, 1.165) is 27.6 Å². The number of amides is 4. The summed E-state index contributed by atoms with van der Waals surface area (Å²) in [5.74, 6) is -6.97. The molecule has 0 spiro atoms. The van der Waals surface area contributed by atoms with Crippen LogP contribution in [0.3, 0.4) is 0 Å². The maximum atomic E-state index is 14.6. The van der Waals surface area contributed by atoms with Crippen LogP contribution in [0.2, 0.25) is 0 Å². The number of ether oxygens (including phenoxy) is 1. The highest BCUT2D eigenvalue weighted by atomic mass is 35.5. The maximum absolute atomic E-state index is 14.6. The first-order valence-corrected chi connectivity index (χ1v) is 18.3. The molecule has 0 radical (unpaired) electrons. The molecule has 0 unspecified atom stereocenters. The molecule has 55 heavy (non-hydrogen) atoms. The van der Waals surface area contributed by atoms with Crippen molar-refractivity contribution in [2.24, 2.45) is 28.0 Å². The molecular weight excluding hydrogens is 748 g/mol. The second-order valence-electron chi connectivity index (χ2n) is 14.3. The van der Waals surface area contributed by atoms with Gasteiger partial charge in [-0.05, 0) is 110 Å². The Kier molecular flexibility index (Phi) is 8.81. The van der Waals surface area contributed by atoms with Gasteiger partial charge in [0.25, 0.3) is 11.8 Å². The Labute approximate surface area is 325 Å². The van der Waals surface area contributed by atoms with Gasteiger partial charge in [0.15, 0.2) is 9.75 Å². The van der Waals surface area contributed by atoms with Crippen LogP contribution in [0.5, 0.6) is 11.5 Å². The normalized spacial score (nSPS) is 27.3. The van der Waals surface area contributed by atoms with Crippen LogP contribution >= 0.6 is 23.2 Å². The van der Waals surface area contributed by atoms with Gasteiger partial charge < -0.3 is 14.7 Å². The van der Waals surface area contributed by atoms with Gasteiger partial charge in [0.05, 0.1) is 41.7 Å². The summed E-state index contributed by atoms with van der Waals surface area (Å²) in [5, 5.41) is 19.9.